The molecule has 3 heterocycles. The van der Waals surface area contributed by atoms with Crippen molar-refractivity contribution in [3.05, 3.63) is 63.5 Å². The van der Waals surface area contributed by atoms with Crippen molar-refractivity contribution in [2.24, 2.45) is 5.92 Å². The Morgan fingerprint density at radius 2 is 2.00 bits per heavy atom. The minimum atomic E-state index is -0.0893. The molecule has 1 amide bonds. The predicted octanol–water partition coefficient (Wildman–Crippen LogP) is 4.58. The zero-order valence-electron chi connectivity index (χ0n) is 18.6. The lowest BCUT2D eigenvalue weighted by Crippen LogP contribution is -2.38. The molecule has 1 aliphatic rings. The van der Waals surface area contributed by atoms with Gasteiger partial charge in [0.2, 0.25) is 5.91 Å². The van der Waals surface area contributed by atoms with Crippen LogP contribution < -0.4 is 10.3 Å². The first kappa shape index (κ1) is 22.3. The number of carbonyl (C=O) groups excluding carboxylic acids is 1. The fraction of sp³-hybridized carbons (Fsp3) is 0.400. The van der Waals surface area contributed by atoms with E-state index in [1.165, 1.54) is 11.3 Å². The lowest BCUT2D eigenvalue weighted by molar-refractivity contribution is -0.132. The fourth-order valence-corrected chi connectivity index (χ4v) is 5.17. The van der Waals surface area contributed by atoms with Gasteiger partial charge in [0, 0.05) is 25.9 Å². The monoisotopic (exact) mass is 451 g/mol. The van der Waals surface area contributed by atoms with Crippen LogP contribution in [0.5, 0.6) is 5.75 Å². The molecule has 1 fully saturated rings. The summed E-state index contributed by atoms with van der Waals surface area (Å²) in [4.78, 5) is 34.3. The highest BCUT2D eigenvalue weighted by Crippen LogP contribution is 2.31. The summed E-state index contributed by atoms with van der Waals surface area (Å²) in [6.07, 6.45) is 3.60. The number of nitrogens with zero attached hydrogens (tertiary/aromatic N) is 2. The van der Waals surface area contributed by atoms with Crippen LogP contribution >= 0.6 is 11.3 Å². The summed E-state index contributed by atoms with van der Waals surface area (Å²) < 4.78 is 5.89. The summed E-state index contributed by atoms with van der Waals surface area (Å²) in [5.74, 6) is 2.06. The molecule has 1 saturated heterocycles. The zero-order valence-corrected chi connectivity index (χ0v) is 19.5. The Kier molecular flexibility index (Phi) is 6.74. The second-order valence-corrected chi connectivity index (χ2v) is 9.25. The second kappa shape index (κ2) is 9.69. The van der Waals surface area contributed by atoms with Crippen molar-refractivity contribution in [2.75, 3.05) is 20.2 Å². The second-order valence-electron chi connectivity index (χ2n) is 8.37. The molecule has 0 radical (unpaired) electrons. The SMILES string of the molecule is C=C(c1ccc(OC)cc1)C1CCN(C(=O)CCCc2nc3c(C)csc3c(=O)[nH]2)CC1. The number of ether oxygens (including phenoxy) is 1. The smallest absolute Gasteiger partial charge is 0.268 e. The van der Waals surface area contributed by atoms with Crippen LogP contribution in [0, 0.1) is 12.8 Å². The van der Waals surface area contributed by atoms with E-state index >= 15 is 0 Å². The number of aromatic nitrogens is 2. The Balaban J connectivity index is 1.26. The van der Waals surface area contributed by atoms with Crippen molar-refractivity contribution in [3.8, 4) is 5.75 Å². The van der Waals surface area contributed by atoms with Crippen LogP contribution in [0.15, 0.2) is 41.0 Å². The van der Waals surface area contributed by atoms with Crippen molar-refractivity contribution < 1.29 is 9.53 Å². The summed E-state index contributed by atoms with van der Waals surface area (Å²) in [5, 5.41) is 1.95. The zero-order chi connectivity index (χ0) is 22.7. The van der Waals surface area contributed by atoms with E-state index in [-0.39, 0.29) is 11.5 Å². The van der Waals surface area contributed by atoms with Gasteiger partial charge in [-0.15, -0.1) is 11.3 Å². The van der Waals surface area contributed by atoms with E-state index in [9.17, 15) is 9.59 Å². The number of hydrogen-bond donors (Lipinski definition) is 1. The predicted molar refractivity (Wildman–Crippen MR) is 129 cm³/mol. The van der Waals surface area contributed by atoms with E-state index in [0.29, 0.717) is 35.7 Å². The van der Waals surface area contributed by atoms with E-state index in [2.05, 4.69) is 16.5 Å². The molecule has 1 aromatic carbocycles. The number of aryl methyl sites for hydroxylation is 2. The van der Waals surface area contributed by atoms with Crippen molar-refractivity contribution in [1.82, 2.24) is 14.9 Å². The molecule has 4 rings (SSSR count). The van der Waals surface area contributed by atoms with Gasteiger partial charge in [-0.3, -0.25) is 9.59 Å². The van der Waals surface area contributed by atoms with Gasteiger partial charge in [0.15, 0.2) is 0 Å². The first-order valence-corrected chi connectivity index (χ1v) is 11.9. The van der Waals surface area contributed by atoms with Gasteiger partial charge < -0.3 is 14.6 Å². The molecule has 168 valence electrons. The molecular weight excluding hydrogens is 422 g/mol. The summed E-state index contributed by atoms with van der Waals surface area (Å²) in [6.45, 7) is 7.79. The van der Waals surface area contributed by atoms with E-state index in [0.717, 1.165) is 53.9 Å². The van der Waals surface area contributed by atoms with Gasteiger partial charge >= 0.3 is 0 Å². The van der Waals surface area contributed by atoms with E-state index in [1.54, 1.807) is 7.11 Å². The Bertz CT molecular complexity index is 1170. The van der Waals surface area contributed by atoms with Gasteiger partial charge in [-0.25, -0.2) is 4.98 Å². The number of rotatable bonds is 7. The van der Waals surface area contributed by atoms with Gasteiger partial charge in [-0.2, -0.15) is 0 Å². The summed E-state index contributed by atoms with van der Waals surface area (Å²) in [6, 6.07) is 8.01. The number of H-pyrrole nitrogens is 1. The van der Waals surface area contributed by atoms with Gasteiger partial charge in [0.05, 0.1) is 12.6 Å². The van der Waals surface area contributed by atoms with Gasteiger partial charge in [0.1, 0.15) is 16.3 Å². The van der Waals surface area contributed by atoms with Crippen molar-refractivity contribution in [1.29, 1.82) is 0 Å². The number of carbonyl (C=O) groups is 1. The first-order chi connectivity index (χ1) is 15.5. The third kappa shape index (κ3) is 4.78. The third-order valence-electron chi connectivity index (χ3n) is 6.26. The highest BCUT2D eigenvalue weighted by Gasteiger charge is 2.24. The molecule has 0 atom stereocenters. The highest BCUT2D eigenvalue weighted by atomic mass is 32.1. The maximum Gasteiger partial charge on any atom is 0.268 e. The lowest BCUT2D eigenvalue weighted by atomic mass is 9.86. The van der Waals surface area contributed by atoms with Crippen molar-refractivity contribution in [3.63, 3.8) is 0 Å². The van der Waals surface area contributed by atoms with Crippen LogP contribution in [0.3, 0.4) is 0 Å². The maximum atomic E-state index is 12.7. The number of methoxy groups -OCH3 is 1. The van der Waals surface area contributed by atoms with E-state index in [4.69, 9.17) is 4.74 Å². The fourth-order valence-electron chi connectivity index (χ4n) is 4.29. The van der Waals surface area contributed by atoms with Crippen molar-refractivity contribution >= 4 is 33.0 Å². The quantitative estimate of drug-likeness (QED) is 0.571. The molecule has 1 N–H and O–H groups in total. The first-order valence-electron chi connectivity index (χ1n) is 11.0. The van der Waals surface area contributed by atoms with Gasteiger partial charge in [-0.05, 0) is 66.3 Å². The van der Waals surface area contributed by atoms with E-state index < -0.39 is 0 Å². The van der Waals surface area contributed by atoms with Gasteiger partial charge in [0.25, 0.3) is 5.56 Å². The number of aromatic amines is 1. The van der Waals surface area contributed by atoms with Crippen LogP contribution in [0.2, 0.25) is 0 Å². The van der Waals surface area contributed by atoms with Crippen LogP contribution in [0.1, 0.15) is 42.6 Å². The lowest BCUT2D eigenvalue weighted by Gasteiger charge is -2.33. The molecule has 7 heteroatoms. The topological polar surface area (TPSA) is 75.3 Å². The molecular formula is C25H29N3O3S. The molecule has 0 spiro atoms. The van der Waals surface area contributed by atoms with Crippen molar-refractivity contribution in [2.45, 2.75) is 39.0 Å². The van der Waals surface area contributed by atoms with Crippen LogP contribution in [0.4, 0.5) is 0 Å². The number of likely N-dealkylation sites (tertiary alicyclic amines) is 1. The van der Waals surface area contributed by atoms with Crippen LogP contribution in [-0.2, 0) is 11.2 Å². The Morgan fingerprint density at radius 1 is 1.28 bits per heavy atom. The number of benzene rings is 1. The molecule has 6 nitrogen and oxygen atoms in total. The molecule has 0 aliphatic carbocycles. The molecule has 2 aromatic heterocycles. The largest absolute Gasteiger partial charge is 0.497 e. The maximum absolute atomic E-state index is 12.7. The van der Waals surface area contributed by atoms with Gasteiger partial charge in [-0.1, -0.05) is 18.7 Å². The summed E-state index contributed by atoms with van der Waals surface area (Å²) >= 11 is 1.42. The Labute approximate surface area is 191 Å². The number of allylic oxidation sites excluding steroid dienone is 1. The minimum absolute atomic E-state index is 0.0893. The average Bonchev–Trinajstić information content (AvgIpc) is 3.20. The summed E-state index contributed by atoms with van der Waals surface area (Å²) in [5.41, 5.74) is 3.98. The van der Waals surface area contributed by atoms with Crippen LogP contribution in [-0.4, -0.2) is 41.0 Å². The highest BCUT2D eigenvalue weighted by molar-refractivity contribution is 7.17. The Hall–Kier alpha value is -2.93. The van der Waals surface area contributed by atoms with Crippen LogP contribution in [0.25, 0.3) is 15.8 Å². The standard InChI is InChI=1S/C25H29N3O3S/c1-16-15-32-24-23(16)26-21(27-25(24)30)5-4-6-22(29)28-13-11-19(12-14-28)17(2)18-7-9-20(31-3)10-8-18/h7-10,15,19H,2,4-6,11-14H2,1,3H3,(H,26,27,30). The van der Waals surface area contributed by atoms with E-state index in [1.807, 2.05) is 41.5 Å². The molecule has 0 saturated carbocycles. The number of piperidine rings is 1. The average molecular weight is 452 g/mol. The Morgan fingerprint density at radius 3 is 2.69 bits per heavy atom. The molecule has 0 bridgehead atoms. The molecule has 32 heavy (non-hydrogen) atoms. The number of fused-ring (bicyclic) bond motifs is 1. The molecule has 3 aromatic rings. The summed E-state index contributed by atoms with van der Waals surface area (Å²) in [7, 11) is 1.66. The minimum Gasteiger partial charge on any atom is -0.497 e. The normalized spacial score (nSPS) is 14.6. The number of hydrogen-bond acceptors (Lipinski definition) is 5. The molecule has 0 unspecified atom stereocenters. The molecule has 1 aliphatic heterocycles. The number of nitrogens with one attached hydrogen (secondary N) is 1. The number of amides is 1. The number of thiophene rings is 1. The third-order valence-corrected chi connectivity index (χ3v) is 7.34.